The fraction of sp³-hybridized carbons (Fsp3) is 0.381. The monoisotopic (exact) mass is 498 g/mol. The Labute approximate surface area is 194 Å². The van der Waals surface area contributed by atoms with Crippen LogP contribution >= 0.6 is 0 Å². The first-order chi connectivity index (χ1) is 15.8. The van der Waals surface area contributed by atoms with E-state index in [1.54, 1.807) is 26.1 Å². The lowest BCUT2D eigenvalue weighted by Crippen LogP contribution is -2.51. The van der Waals surface area contributed by atoms with Crippen molar-refractivity contribution in [3.05, 3.63) is 36.9 Å². The number of anilines is 2. The van der Waals surface area contributed by atoms with E-state index >= 15 is 0 Å². The number of primary amides is 1. The number of nitrogens with one attached hydrogen (secondary N) is 2. The Morgan fingerprint density at radius 2 is 1.94 bits per heavy atom. The molecular weight excluding hydrogens is 473 g/mol. The summed E-state index contributed by atoms with van der Waals surface area (Å²) in [5.74, 6) is -1.49. The van der Waals surface area contributed by atoms with E-state index in [1.807, 2.05) is 0 Å². The third-order valence-electron chi connectivity index (χ3n) is 5.16. The van der Waals surface area contributed by atoms with E-state index in [4.69, 9.17) is 5.73 Å². The number of hydrogen-bond acceptors (Lipinski definition) is 6. The molecule has 0 spiro atoms. The highest BCUT2D eigenvalue weighted by Gasteiger charge is 2.37. The normalized spacial score (nSPS) is 13.3. The molecule has 13 heteroatoms. The number of H-pyrrole nitrogens is 1. The summed E-state index contributed by atoms with van der Waals surface area (Å²) in [6, 6.07) is 1.84. The molecule has 34 heavy (non-hydrogen) atoms. The minimum absolute atomic E-state index is 0.0671. The van der Waals surface area contributed by atoms with Gasteiger partial charge in [0, 0.05) is 28.9 Å². The van der Waals surface area contributed by atoms with Crippen LogP contribution in [0.25, 0.3) is 22.2 Å². The number of carbonyl (C=O) groups is 1. The van der Waals surface area contributed by atoms with Crippen molar-refractivity contribution in [2.75, 3.05) is 21.9 Å². The second-order valence-corrected chi connectivity index (χ2v) is 10.1. The zero-order chi connectivity index (χ0) is 25.3. The van der Waals surface area contributed by atoms with Gasteiger partial charge in [0.15, 0.2) is 0 Å². The van der Waals surface area contributed by atoms with Gasteiger partial charge in [-0.1, -0.05) is 13.8 Å². The predicted molar refractivity (Wildman–Crippen MR) is 124 cm³/mol. The summed E-state index contributed by atoms with van der Waals surface area (Å²) >= 11 is 0. The predicted octanol–water partition coefficient (Wildman–Crippen LogP) is 3.27. The second-order valence-electron chi connectivity index (χ2n) is 8.09. The number of nitrogens with zero attached hydrogens (tertiary/aromatic N) is 3. The number of pyridine rings is 2. The number of halogens is 3. The Morgan fingerprint density at radius 3 is 2.53 bits per heavy atom. The molecule has 9 nitrogen and oxygen atoms in total. The van der Waals surface area contributed by atoms with Crippen LogP contribution in [-0.4, -0.2) is 53.8 Å². The van der Waals surface area contributed by atoms with Gasteiger partial charge in [-0.2, -0.15) is 13.2 Å². The van der Waals surface area contributed by atoms with E-state index in [0.29, 0.717) is 22.2 Å². The molecule has 0 saturated heterocycles. The lowest BCUT2D eigenvalue weighted by atomic mass is 10.0. The van der Waals surface area contributed by atoms with Gasteiger partial charge in [0.05, 0.1) is 29.5 Å². The van der Waals surface area contributed by atoms with Crippen molar-refractivity contribution >= 4 is 38.3 Å². The van der Waals surface area contributed by atoms with Gasteiger partial charge in [-0.3, -0.25) is 14.5 Å². The van der Waals surface area contributed by atoms with E-state index in [9.17, 15) is 26.4 Å². The minimum atomic E-state index is -4.59. The molecule has 0 aromatic carbocycles. The lowest BCUT2D eigenvalue weighted by Gasteiger charge is -2.34. The fourth-order valence-corrected chi connectivity index (χ4v) is 4.28. The third-order valence-corrected chi connectivity index (χ3v) is 6.47. The van der Waals surface area contributed by atoms with Crippen molar-refractivity contribution in [3.8, 4) is 11.1 Å². The molecule has 3 aromatic rings. The van der Waals surface area contributed by atoms with E-state index < -0.39 is 40.6 Å². The summed E-state index contributed by atoms with van der Waals surface area (Å²) < 4.78 is 66.4. The Balaban J connectivity index is 2.09. The molecule has 3 rings (SSSR count). The Morgan fingerprint density at radius 1 is 1.24 bits per heavy atom. The smallest absolute Gasteiger partial charge is 0.368 e. The van der Waals surface area contributed by atoms with Crippen molar-refractivity contribution < 1.29 is 26.4 Å². The molecule has 4 N–H and O–H groups in total. The summed E-state index contributed by atoms with van der Waals surface area (Å²) in [6.07, 6.45) is 1.06. The largest absolute Gasteiger partial charge is 0.405 e. The first-order valence-electron chi connectivity index (χ1n) is 10.4. The molecule has 3 aromatic heterocycles. The van der Waals surface area contributed by atoms with Gasteiger partial charge in [0.2, 0.25) is 15.9 Å². The zero-order valence-electron chi connectivity index (χ0n) is 18.7. The highest BCUT2D eigenvalue weighted by Crippen LogP contribution is 2.33. The molecule has 0 aliphatic carbocycles. The van der Waals surface area contributed by atoms with Crippen LogP contribution in [-0.2, 0) is 14.8 Å². The first-order valence-corrected chi connectivity index (χ1v) is 12.0. The van der Waals surface area contributed by atoms with Crippen LogP contribution in [0.5, 0.6) is 0 Å². The maximum atomic E-state index is 13.4. The molecule has 0 radical (unpaired) electrons. The number of nitrogens with two attached hydrogens (primary N) is 1. The SMILES string of the molecule is CCS(=O)(=O)Nc1cnc2[nH]cc(-c3cncc(N(CC(F)(F)F)[C@H](C(N)=O)C(C)C)c3)c2c1. The van der Waals surface area contributed by atoms with E-state index in [1.165, 1.54) is 31.6 Å². The summed E-state index contributed by atoms with van der Waals surface area (Å²) in [6.45, 7) is 3.33. The molecule has 0 aliphatic heterocycles. The number of amides is 1. The molecule has 3 heterocycles. The second kappa shape index (κ2) is 9.49. The van der Waals surface area contributed by atoms with Crippen molar-refractivity contribution in [1.29, 1.82) is 0 Å². The number of aromatic amines is 1. The summed E-state index contributed by atoms with van der Waals surface area (Å²) in [5, 5.41) is 0.535. The summed E-state index contributed by atoms with van der Waals surface area (Å²) in [5.41, 5.74) is 7.19. The molecule has 0 bridgehead atoms. The third kappa shape index (κ3) is 5.76. The van der Waals surface area contributed by atoms with Crippen molar-refractivity contribution in [2.45, 2.75) is 33.0 Å². The van der Waals surface area contributed by atoms with Gasteiger partial charge in [-0.15, -0.1) is 0 Å². The lowest BCUT2D eigenvalue weighted by molar-refractivity contribution is -0.126. The number of fused-ring (bicyclic) bond motifs is 1. The van der Waals surface area contributed by atoms with E-state index in [2.05, 4.69) is 19.7 Å². The van der Waals surface area contributed by atoms with Crippen LogP contribution in [0, 0.1) is 5.92 Å². The standard InChI is InChI=1S/C21H25F3N6O3S/c1-4-34(32,33)29-14-6-16-17(10-28-20(16)27-8-14)13-5-15(9-26-7-13)30(11-21(22,23)24)18(12(2)3)19(25)31/h5-10,12,18,29H,4,11H2,1-3H3,(H2,25,31)(H,27,28)/t18-/m0/s1. The van der Waals surface area contributed by atoms with Crippen LogP contribution in [0.15, 0.2) is 36.9 Å². The molecule has 1 atom stereocenters. The van der Waals surface area contributed by atoms with E-state index in [-0.39, 0.29) is 17.1 Å². The topological polar surface area (TPSA) is 134 Å². The Hall–Kier alpha value is -3.35. The maximum Gasteiger partial charge on any atom is 0.405 e. The van der Waals surface area contributed by atoms with Gasteiger partial charge in [-0.05, 0) is 25.0 Å². The van der Waals surface area contributed by atoms with E-state index in [0.717, 1.165) is 4.90 Å². The maximum absolute atomic E-state index is 13.4. The summed E-state index contributed by atoms with van der Waals surface area (Å²) in [4.78, 5) is 24.2. The van der Waals surface area contributed by atoms with Gasteiger partial charge < -0.3 is 15.6 Å². The molecule has 0 fully saturated rings. The zero-order valence-corrected chi connectivity index (χ0v) is 19.5. The van der Waals surface area contributed by atoms with Gasteiger partial charge in [0.1, 0.15) is 18.2 Å². The highest BCUT2D eigenvalue weighted by atomic mass is 32.2. The van der Waals surface area contributed by atoms with Crippen LogP contribution in [0.2, 0.25) is 0 Å². The number of rotatable bonds is 9. The minimum Gasteiger partial charge on any atom is -0.368 e. The van der Waals surface area contributed by atoms with Gasteiger partial charge >= 0.3 is 6.18 Å². The Kier molecular flexibility index (Phi) is 7.05. The molecule has 1 amide bonds. The molecule has 0 aliphatic rings. The molecular formula is C21H25F3N6O3S. The van der Waals surface area contributed by atoms with Crippen LogP contribution in [0.1, 0.15) is 20.8 Å². The van der Waals surface area contributed by atoms with Gasteiger partial charge in [0.25, 0.3) is 0 Å². The fourth-order valence-electron chi connectivity index (χ4n) is 3.67. The van der Waals surface area contributed by atoms with Crippen LogP contribution in [0.3, 0.4) is 0 Å². The van der Waals surface area contributed by atoms with Crippen LogP contribution in [0.4, 0.5) is 24.5 Å². The first kappa shape index (κ1) is 25.3. The highest BCUT2D eigenvalue weighted by molar-refractivity contribution is 7.92. The number of aromatic nitrogens is 3. The Bertz CT molecular complexity index is 1290. The van der Waals surface area contributed by atoms with Gasteiger partial charge in [-0.25, -0.2) is 13.4 Å². The number of hydrogen-bond donors (Lipinski definition) is 3. The van der Waals surface area contributed by atoms with Crippen molar-refractivity contribution in [2.24, 2.45) is 11.7 Å². The van der Waals surface area contributed by atoms with Crippen molar-refractivity contribution in [1.82, 2.24) is 15.0 Å². The molecule has 0 saturated carbocycles. The quantitative estimate of drug-likeness (QED) is 0.415. The summed E-state index contributed by atoms with van der Waals surface area (Å²) in [7, 11) is -3.53. The molecule has 0 unspecified atom stereocenters. The number of carbonyl (C=O) groups excluding carboxylic acids is 1. The number of sulfonamides is 1. The van der Waals surface area contributed by atoms with Crippen LogP contribution < -0.4 is 15.4 Å². The molecule has 184 valence electrons. The van der Waals surface area contributed by atoms with Crippen molar-refractivity contribution in [3.63, 3.8) is 0 Å². The number of alkyl halides is 3. The average Bonchev–Trinajstić information content (AvgIpc) is 3.15. The average molecular weight is 499 g/mol.